The first kappa shape index (κ1) is 24.7. The Kier molecular flexibility index (Phi) is 7.04. The minimum absolute atomic E-state index is 0.0776. The van der Waals surface area contributed by atoms with Crippen LogP contribution >= 0.6 is 20.6 Å². The first-order chi connectivity index (χ1) is 16.1. The van der Waals surface area contributed by atoms with Crippen LogP contribution in [0.3, 0.4) is 0 Å². The van der Waals surface area contributed by atoms with Crippen molar-refractivity contribution in [1.82, 2.24) is 0 Å². The molecule has 0 aliphatic rings. The highest BCUT2D eigenvalue weighted by molar-refractivity contribution is 7.24. The molecule has 4 rings (SSSR count). The maximum Gasteiger partial charge on any atom is 0.196 e. The van der Waals surface area contributed by atoms with Crippen molar-refractivity contribution in [3.8, 4) is 11.5 Å². The van der Waals surface area contributed by atoms with E-state index in [4.69, 9.17) is 10.5 Å². The molecule has 0 saturated heterocycles. The summed E-state index contributed by atoms with van der Waals surface area (Å²) in [5, 5.41) is 18.5. The van der Waals surface area contributed by atoms with Crippen molar-refractivity contribution in [2.24, 2.45) is 5.73 Å². The Morgan fingerprint density at radius 2 is 1.65 bits per heavy atom. The molecule has 34 heavy (non-hydrogen) atoms. The Bertz CT molecular complexity index is 1380. The second-order valence-electron chi connectivity index (χ2n) is 8.80. The maximum atomic E-state index is 14.0. The molecule has 0 saturated carbocycles. The Labute approximate surface area is 203 Å². The summed E-state index contributed by atoms with van der Waals surface area (Å²) in [6, 6.07) is 17.8. The van der Waals surface area contributed by atoms with Gasteiger partial charge in [0.15, 0.2) is 5.43 Å². The fourth-order valence-electron chi connectivity index (χ4n) is 3.68. The number of aliphatic hydroxyl groups is 2. The summed E-state index contributed by atoms with van der Waals surface area (Å²) < 4.78 is 21.7. The van der Waals surface area contributed by atoms with E-state index in [1.165, 1.54) is 18.3 Å². The lowest BCUT2D eigenvalue weighted by Crippen LogP contribution is -2.47. The highest BCUT2D eigenvalue weighted by atomic mass is 32.1. The van der Waals surface area contributed by atoms with Gasteiger partial charge in [0, 0.05) is 20.2 Å². The van der Waals surface area contributed by atoms with Gasteiger partial charge in [0.05, 0.1) is 18.8 Å². The molecule has 4 aromatic rings. The number of alkyl halides is 1. The van der Waals surface area contributed by atoms with Crippen LogP contribution in [0.1, 0.15) is 24.5 Å². The molecule has 1 heterocycles. The van der Waals surface area contributed by atoms with E-state index in [-0.39, 0.29) is 18.6 Å². The number of halogens is 1. The van der Waals surface area contributed by atoms with Crippen molar-refractivity contribution < 1.29 is 19.3 Å². The van der Waals surface area contributed by atoms with Gasteiger partial charge in [-0.1, -0.05) is 27.4 Å². The third-order valence-corrected chi connectivity index (χ3v) is 7.37. The largest absolute Gasteiger partial charge is 0.457 e. The van der Waals surface area contributed by atoms with Gasteiger partial charge in [-0.2, -0.15) is 0 Å². The number of rotatable bonds is 8. The lowest BCUT2D eigenvalue weighted by atomic mass is 9.94. The third kappa shape index (κ3) is 5.29. The molecule has 178 valence electrons. The van der Waals surface area contributed by atoms with Crippen LogP contribution in [-0.2, 0) is 11.8 Å². The highest BCUT2D eigenvalue weighted by Crippen LogP contribution is 2.35. The quantitative estimate of drug-likeness (QED) is 0.238. The van der Waals surface area contributed by atoms with E-state index in [0.29, 0.717) is 40.7 Å². The van der Waals surface area contributed by atoms with Crippen molar-refractivity contribution >= 4 is 40.7 Å². The van der Waals surface area contributed by atoms with E-state index in [0.717, 1.165) is 15.0 Å². The van der Waals surface area contributed by atoms with Gasteiger partial charge in [-0.25, -0.2) is 4.39 Å². The molecule has 2 atom stereocenters. The Balaban J connectivity index is 1.61. The van der Waals surface area contributed by atoms with Crippen LogP contribution in [-0.4, -0.2) is 29.0 Å². The lowest BCUT2D eigenvalue weighted by molar-refractivity contribution is 0.115. The van der Waals surface area contributed by atoms with E-state index in [9.17, 15) is 19.4 Å². The van der Waals surface area contributed by atoms with Crippen molar-refractivity contribution in [2.45, 2.75) is 30.7 Å². The number of aryl methyl sites for hydroxylation is 1. The van der Waals surface area contributed by atoms with Gasteiger partial charge in [-0.3, -0.25) is 4.79 Å². The molecular weight excluding hydrogens is 472 g/mol. The van der Waals surface area contributed by atoms with Gasteiger partial charge >= 0.3 is 0 Å². The smallest absolute Gasteiger partial charge is 0.196 e. The van der Waals surface area contributed by atoms with Gasteiger partial charge < -0.3 is 20.7 Å². The van der Waals surface area contributed by atoms with Crippen LogP contribution in [0, 0.1) is 0 Å². The topological polar surface area (TPSA) is 92.8 Å². The summed E-state index contributed by atoms with van der Waals surface area (Å²) >= 11 is 1.51. The molecular formula is C26H27FNO4PS. The normalized spacial score (nSPS) is 13.8. The number of aliphatic hydroxyl groups excluding tert-OH is 2. The van der Waals surface area contributed by atoms with Crippen molar-refractivity contribution in [1.29, 1.82) is 0 Å². The second kappa shape index (κ2) is 9.68. The number of ether oxygens (including phenoxy) is 1. The fourth-order valence-corrected chi connectivity index (χ4v) is 4.99. The summed E-state index contributed by atoms with van der Waals surface area (Å²) in [7, 11) is 2.17. The van der Waals surface area contributed by atoms with Gasteiger partial charge in [0.2, 0.25) is 0 Å². The van der Waals surface area contributed by atoms with Crippen LogP contribution in [0.5, 0.6) is 11.5 Å². The van der Waals surface area contributed by atoms with E-state index >= 15 is 0 Å². The van der Waals surface area contributed by atoms with Crippen LogP contribution in [0.2, 0.25) is 0 Å². The number of nitrogens with two attached hydrogens (primary N) is 1. The van der Waals surface area contributed by atoms with E-state index in [1.807, 2.05) is 30.3 Å². The summed E-state index contributed by atoms with van der Waals surface area (Å²) in [5.74, 6) is 1.09. The standard InChI is InChI=1S/C26H27FNO4PS/c1-25(27,33)17-3-5-18(6-4-17)32-19-7-9-22-21(13-19)24(31)20-8-2-16(12-23(20)34-22)10-11-26(28,14-29)15-30/h2-9,12-13,29-30H,10-11,14-15,28,33H2,1H3. The molecule has 4 N–H and O–H groups in total. The van der Waals surface area contributed by atoms with Crippen LogP contribution < -0.4 is 15.9 Å². The van der Waals surface area contributed by atoms with E-state index in [2.05, 4.69) is 9.24 Å². The minimum atomic E-state index is -1.51. The molecule has 0 amide bonds. The minimum Gasteiger partial charge on any atom is -0.457 e. The second-order valence-corrected chi connectivity index (χ2v) is 11.0. The molecule has 0 radical (unpaired) electrons. The summed E-state index contributed by atoms with van der Waals surface area (Å²) in [5.41, 5.74) is 6.39. The number of fused-ring (bicyclic) bond motifs is 2. The van der Waals surface area contributed by atoms with Gasteiger partial charge in [0.25, 0.3) is 0 Å². The first-order valence-electron chi connectivity index (χ1n) is 10.9. The van der Waals surface area contributed by atoms with Crippen LogP contribution in [0.15, 0.2) is 65.5 Å². The summed E-state index contributed by atoms with van der Waals surface area (Å²) in [4.78, 5) is 13.2. The molecule has 0 bridgehead atoms. The molecule has 8 heteroatoms. The molecule has 2 unspecified atom stereocenters. The molecule has 1 aromatic heterocycles. The Morgan fingerprint density at radius 1 is 0.971 bits per heavy atom. The van der Waals surface area contributed by atoms with Crippen LogP contribution in [0.25, 0.3) is 20.2 Å². The summed E-state index contributed by atoms with van der Waals surface area (Å²) in [6.45, 7) is 0.879. The van der Waals surface area contributed by atoms with E-state index in [1.54, 1.807) is 30.3 Å². The maximum absolute atomic E-state index is 14.0. The SMILES string of the molecule is CC(F)(P)c1ccc(Oc2ccc3sc4cc(CCC(N)(CO)CO)ccc4c(=O)c3c2)cc1. The zero-order chi connectivity index (χ0) is 24.5. The molecule has 5 nitrogen and oxygen atoms in total. The molecule has 0 fully saturated rings. The summed E-state index contributed by atoms with van der Waals surface area (Å²) in [6.07, 6.45) is 1.01. The molecule has 0 aliphatic heterocycles. The zero-order valence-electron chi connectivity index (χ0n) is 18.8. The Morgan fingerprint density at radius 3 is 2.29 bits per heavy atom. The predicted molar refractivity (Wildman–Crippen MR) is 140 cm³/mol. The van der Waals surface area contributed by atoms with Gasteiger partial charge in [-0.05, 0) is 73.4 Å². The van der Waals surface area contributed by atoms with Crippen molar-refractivity contribution in [3.63, 3.8) is 0 Å². The fraction of sp³-hybridized carbons (Fsp3) is 0.269. The Hall–Kier alpha value is -2.41. The third-order valence-electron chi connectivity index (χ3n) is 5.90. The average molecular weight is 500 g/mol. The monoisotopic (exact) mass is 499 g/mol. The first-order valence-corrected chi connectivity index (χ1v) is 12.3. The lowest BCUT2D eigenvalue weighted by Gasteiger charge is -2.24. The van der Waals surface area contributed by atoms with Gasteiger partial charge in [0.1, 0.15) is 16.9 Å². The zero-order valence-corrected chi connectivity index (χ0v) is 20.7. The molecule has 0 aliphatic carbocycles. The number of hydrogen-bond acceptors (Lipinski definition) is 6. The van der Waals surface area contributed by atoms with Crippen molar-refractivity contribution in [3.05, 3.63) is 82.0 Å². The number of benzene rings is 3. The van der Waals surface area contributed by atoms with Crippen molar-refractivity contribution in [2.75, 3.05) is 13.2 Å². The highest BCUT2D eigenvalue weighted by Gasteiger charge is 2.22. The number of hydrogen-bond donors (Lipinski definition) is 3. The van der Waals surface area contributed by atoms with Gasteiger partial charge in [-0.15, -0.1) is 11.3 Å². The average Bonchev–Trinajstić information content (AvgIpc) is 2.83. The predicted octanol–water partition coefficient (Wildman–Crippen LogP) is 4.84. The molecule has 0 spiro atoms. The van der Waals surface area contributed by atoms with Crippen LogP contribution in [0.4, 0.5) is 4.39 Å². The molecule has 3 aromatic carbocycles. The van der Waals surface area contributed by atoms with E-state index < -0.39 is 10.9 Å².